The average Bonchev–Trinajstić information content (AvgIpc) is 2.81. The molecule has 0 radical (unpaired) electrons. The first-order valence-electron chi connectivity index (χ1n) is 6.59. The lowest BCUT2D eigenvalue weighted by Crippen LogP contribution is -2.27. The molecule has 3 rings (SSSR count). The Bertz CT molecular complexity index is 632. The van der Waals surface area contributed by atoms with Crippen molar-refractivity contribution in [2.45, 2.75) is 38.8 Å². The molecule has 1 unspecified atom stereocenters. The van der Waals surface area contributed by atoms with Crippen LogP contribution >= 0.6 is 11.3 Å². The molecule has 0 aromatic carbocycles. The molecule has 2 heterocycles. The van der Waals surface area contributed by atoms with E-state index >= 15 is 0 Å². The Morgan fingerprint density at radius 3 is 3.21 bits per heavy atom. The summed E-state index contributed by atoms with van der Waals surface area (Å²) in [6.45, 7) is 2.81. The fourth-order valence-corrected chi connectivity index (χ4v) is 3.24. The van der Waals surface area contributed by atoms with E-state index in [1.807, 2.05) is 13.0 Å². The van der Waals surface area contributed by atoms with Gasteiger partial charge in [-0.05, 0) is 31.7 Å². The number of thiazole rings is 1. The fourth-order valence-electron chi connectivity index (χ4n) is 2.63. The SMILES string of the molecule is Cc1nc(CNC2CCCc3[nH]c(=O)ccc32)cs1. The lowest BCUT2D eigenvalue weighted by molar-refractivity contribution is 0.451. The van der Waals surface area contributed by atoms with Crippen LogP contribution in [0.1, 0.15) is 40.8 Å². The highest BCUT2D eigenvalue weighted by Crippen LogP contribution is 2.27. The summed E-state index contributed by atoms with van der Waals surface area (Å²) in [5.41, 5.74) is 3.41. The molecule has 0 saturated carbocycles. The van der Waals surface area contributed by atoms with Crippen LogP contribution in [0.4, 0.5) is 0 Å². The predicted octanol–water partition coefficient (Wildman–Crippen LogP) is 2.31. The summed E-state index contributed by atoms with van der Waals surface area (Å²) in [5.74, 6) is 0. The third kappa shape index (κ3) is 2.77. The van der Waals surface area contributed by atoms with Gasteiger partial charge in [-0.25, -0.2) is 4.98 Å². The number of aromatic nitrogens is 2. The molecule has 0 aliphatic heterocycles. The zero-order valence-corrected chi connectivity index (χ0v) is 11.7. The number of aromatic amines is 1. The smallest absolute Gasteiger partial charge is 0.248 e. The second-order valence-corrected chi connectivity index (χ2v) is 6.00. The van der Waals surface area contributed by atoms with E-state index in [1.54, 1.807) is 17.4 Å². The molecule has 0 amide bonds. The van der Waals surface area contributed by atoms with Crippen molar-refractivity contribution in [1.82, 2.24) is 15.3 Å². The lowest BCUT2D eigenvalue weighted by Gasteiger charge is -2.25. The van der Waals surface area contributed by atoms with Crippen LogP contribution < -0.4 is 10.9 Å². The first kappa shape index (κ1) is 12.6. The normalized spacial score (nSPS) is 18.3. The standard InChI is InChI=1S/C14H17N3OS/c1-9-16-10(8-19-9)7-15-12-3-2-4-13-11(12)5-6-14(18)17-13/h5-6,8,12,15H,2-4,7H2,1H3,(H,17,18). The number of hydrogen-bond donors (Lipinski definition) is 2. The number of nitrogens with zero attached hydrogens (tertiary/aromatic N) is 1. The van der Waals surface area contributed by atoms with Gasteiger partial charge in [0.25, 0.3) is 0 Å². The average molecular weight is 275 g/mol. The fraction of sp³-hybridized carbons (Fsp3) is 0.429. The molecule has 2 N–H and O–H groups in total. The molecule has 2 aromatic heterocycles. The van der Waals surface area contributed by atoms with Gasteiger partial charge in [0.1, 0.15) is 0 Å². The number of fused-ring (bicyclic) bond motifs is 1. The molecule has 1 atom stereocenters. The third-order valence-corrected chi connectivity index (χ3v) is 4.35. The first-order valence-corrected chi connectivity index (χ1v) is 7.47. The summed E-state index contributed by atoms with van der Waals surface area (Å²) in [4.78, 5) is 18.8. The summed E-state index contributed by atoms with van der Waals surface area (Å²) in [6.07, 6.45) is 3.20. The molecule has 4 nitrogen and oxygen atoms in total. The van der Waals surface area contributed by atoms with Gasteiger partial charge in [0.05, 0.1) is 10.7 Å². The van der Waals surface area contributed by atoms with E-state index in [1.165, 1.54) is 5.56 Å². The van der Waals surface area contributed by atoms with Gasteiger partial charge in [0.2, 0.25) is 5.56 Å². The van der Waals surface area contributed by atoms with E-state index in [0.29, 0.717) is 6.04 Å². The largest absolute Gasteiger partial charge is 0.326 e. The van der Waals surface area contributed by atoms with Gasteiger partial charge < -0.3 is 10.3 Å². The highest BCUT2D eigenvalue weighted by Gasteiger charge is 2.20. The lowest BCUT2D eigenvalue weighted by atomic mass is 9.91. The van der Waals surface area contributed by atoms with Gasteiger partial charge in [-0.3, -0.25) is 4.79 Å². The zero-order valence-electron chi connectivity index (χ0n) is 10.9. The predicted molar refractivity (Wildman–Crippen MR) is 76.4 cm³/mol. The van der Waals surface area contributed by atoms with Crippen molar-refractivity contribution in [1.29, 1.82) is 0 Å². The van der Waals surface area contributed by atoms with Crippen LogP contribution in [0.5, 0.6) is 0 Å². The molecule has 0 bridgehead atoms. The second kappa shape index (κ2) is 5.27. The van der Waals surface area contributed by atoms with Crippen LogP contribution in [0.25, 0.3) is 0 Å². The zero-order chi connectivity index (χ0) is 13.2. The monoisotopic (exact) mass is 275 g/mol. The van der Waals surface area contributed by atoms with Crippen LogP contribution in [0.3, 0.4) is 0 Å². The summed E-state index contributed by atoms with van der Waals surface area (Å²) in [7, 11) is 0. The van der Waals surface area contributed by atoms with Crippen LogP contribution in [0.2, 0.25) is 0 Å². The number of pyridine rings is 1. The number of rotatable bonds is 3. The minimum absolute atomic E-state index is 0.00507. The van der Waals surface area contributed by atoms with Crippen molar-refractivity contribution in [3.8, 4) is 0 Å². The molecule has 19 heavy (non-hydrogen) atoms. The Hall–Kier alpha value is -1.46. The minimum Gasteiger partial charge on any atom is -0.326 e. The van der Waals surface area contributed by atoms with Gasteiger partial charge in [-0.15, -0.1) is 11.3 Å². The van der Waals surface area contributed by atoms with E-state index in [2.05, 4.69) is 20.7 Å². The van der Waals surface area contributed by atoms with Crippen molar-refractivity contribution in [2.75, 3.05) is 0 Å². The van der Waals surface area contributed by atoms with Crippen molar-refractivity contribution in [2.24, 2.45) is 0 Å². The molecule has 2 aromatic rings. The molecule has 0 fully saturated rings. The van der Waals surface area contributed by atoms with Crippen molar-refractivity contribution in [3.05, 3.63) is 49.8 Å². The number of aryl methyl sites for hydroxylation is 2. The maximum Gasteiger partial charge on any atom is 0.248 e. The van der Waals surface area contributed by atoms with E-state index in [4.69, 9.17) is 0 Å². The van der Waals surface area contributed by atoms with E-state index in [-0.39, 0.29) is 5.56 Å². The maximum absolute atomic E-state index is 11.3. The topological polar surface area (TPSA) is 57.8 Å². The van der Waals surface area contributed by atoms with Crippen molar-refractivity contribution >= 4 is 11.3 Å². The quantitative estimate of drug-likeness (QED) is 0.903. The summed E-state index contributed by atoms with van der Waals surface area (Å²) >= 11 is 1.68. The van der Waals surface area contributed by atoms with Crippen molar-refractivity contribution < 1.29 is 0 Å². The molecule has 0 saturated heterocycles. The summed E-state index contributed by atoms with van der Waals surface area (Å²) in [5, 5.41) is 6.75. The molecule has 1 aliphatic rings. The molecular formula is C14H17N3OS. The molecule has 0 spiro atoms. The Balaban J connectivity index is 1.75. The Morgan fingerprint density at radius 2 is 2.42 bits per heavy atom. The number of hydrogen-bond acceptors (Lipinski definition) is 4. The summed E-state index contributed by atoms with van der Waals surface area (Å²) < 4.78 is 0. The maximum atomic E-state index is 11.3. The molecule has 100 valence electrons. The Morgan fingerprint density at radius 1 is 1.53 bits per heavy atom. The minimum atomic E-state index is -0.00507. The van der Waals surface area contributed by atoms with E-state index in [0.717, 1.165) is 42.2 Å². The number of nitrogens with one attached hydrogen (secondary N) is 2. The van der Waals surface area contributed by atoms with Gasteiger partial charge in [0, 0.05) is 29.7 Å². The van der Waals surface area contributed by atoms with Gasteiger partial charge in [-0.2, -0.15) is 0 Å². The van der Waals surface area contributed by atoms with E-state index < -0.39 is 0 Å². The first-order chi connectivity index (χ1) is 9.22. The Kier molecular flexibility index (Phi) is 3.48. The van der Waals surface area contributed by atoms with Crippen LogP contribution in [0.15, 0.2) is 22.3 Å². The van der Waals surface area contributed by atoms with Gasteiger partial charge >= 0.3 is 0 Å². The molecule has 5 heteroatoms. The van der Waals surface area contributed by atoms with Gasteiger partial charge in [-0.1, -0.05) is 6.07 Å². The van der Waals surface area contributed by atoms with Crippen LogP contribution in [0, 0.1) is 6.92 Å². The number of H-pyrrole nitrogens is 1. The van der Waals surface area contributed by atoms with Crippen LogP contribution in [-0.4, -0.2) is 9.97 Å². The second-order valence-electron chi connectivity index (χ2n) is 4.94. The van der Waals surface area contributed by atoms with Gasteiger partial charge in [0.15, 0.2) is 0 Å². The Labute approximate surface area is 115 Å². The summed E-state index contributed by atoms with van der Waals surface area (Å²) in [6, 6.07) is 3.89. The van der Waals surface area contributed by atoms with E-state index in [9.17, 15) is 4.79 Å². The highest BCUT2D eigenvalue weighted by molar-refractivity contribution is 7.09. The van der Waals surface area contributed by atoms with Crippen molar-refractivity contribution in [3.63, 3.8) is 0 Å². The highest BCUT2D eigenvalue weighted by atomic mass is 32.1. The third-order valence-electron chi connectivity index (χ3n) is 3.53. The van der Waals surface area contributed by atoms with Crippen LogP contribution in [-0.2, 0) is 13.0 Å². The molecule has 1 aliphatic carbocycles. The molecular weight excluding hydrogens is 258 g/mol.